The van der Waals surface area contributed by atoms with E-state index in [0.717, 1.165) is 12.8 Å². The monoisotopic (exact) mass is 353 g/mol. The number of hydrogen-bond acceptors (Lipinski definition) is 4. The zero-order valence-corrected chi connectivity index (χ0v) is 16.2. The maximum atomic E-state index is 12.5. The molecule has 0 atom stereocenters. The summed E-state index contributed by atoms with van der Waals surface area (Å²) in [4.78, 5) is 30.4. The molecule has 1 rings (SSSR count). The summed E-state index contributed by atoms with van der Waals surface area (Å²) >= 11 is 1.37. The van der Waals surface area contributed by atoms with Crippen molar-refractivity contribution in [3.63, 3.8) is 0 Å². The van der Waals surface area contributed by atoms with Crippen molar-refractivity contribution in [2.24, 2.45) is 0 Å². The van der Waals surface area contributed by atoms with E-state index in [1.165, 1.54) is 37.0 Å². The molecule has 24 heavy (non-hydrogen) atoms. The van der Waals surface area contributed by atoms with Crippen molar-refractivity contribution in [2.45, 2.75) is 78.2 Å². The molecule has 136 valence electrons. The van der Waals surface area contributed by atoms with Crippen LogP contribution in [0.15, 0.2) is 11.6 Å². The van der Waals surface area contributed by atoms with Gasteiger partial charge in [-0.3, -0.25) is 9.59 Å². The molecule has 1 aromatic heterocycles. The van der Waals surface area contributed by atoms with Gasteiger partial charge in [-0.1, -0.05) is 39.0 Å². The van der Waals surface area contributed by atoms with Gasteiger partial charge >= 0.3 is 0 Å². The van der Waals surface area contributed by atoms with E-state index in [1.54, 1.807) is 16.5 Å². The van der Waals surface area contributed by atoms with Crippen LogP contribution in [0.3, 0.4) is 0 Å². The Balaban J connectivity index is 2.46. The fourth-order valence-corrected chi connectivity index (χ4v) is 3.02. The highest BCUT2D eigenvalue weighted by molar-refractivity contribution is 7.13. The van der Waals surface area contributed by atoms with Crippen LogP contribution in [0, 0.1) is 0 Å². The number of rotatable bonds is 10. The lowest BCUT2D eigenvalue weighted by Gasteiger charge is -2.35. The number of thiazole rings is 1. The molecule has 0 bridgehead atoms. The predicted octanol–water partition coefficient (Wildman–Crippen LogP) is 4.46. The molecule has 0 fully saturated rings. The average molecular weight is 354 g/mol. The Labute approximate surface area is 149 Å². The molecule has 0 spiro atoms. The molecule has 0 aliphatic heterocycles. The van der Waals surface area contributed by atoms with E-state index in [4.69, 9.17) is 0 Å². The minimum absolute atomic E-state index is 0.0484. The predicted molar refractivity (Wildman–Crippen MR) is 100 cm³/mol. The molecule has 6 heteroatoms. The van der Waals surface area contributed by atoms with Crippen LogP contribution in [0.5, 0.6) is 0 Å². The molecule has 5 nitrogen and oxygen atoms in total. The van der Waals surface area contributed by atoms with Gasteiger partial charge in [0.25, 0.3) is 0 Å². The highest BCUT2D eigenvalue weighted by Gasteiger charge is 2.28. The number of unbranched alkanes of at least 4 members (excludes halogenated alkanes) is 5. The second-order valence-corrected chi connectivity index (χ2v) is 7.95. The van der Waals surface area contributed by atoms with Gasteiger partial charge in [0.2, 0.25) is 11.8 Å². The minimum Gasteiger partial charge on any atom is -0.329 e. The molecule has 0 radical (unpaired) electrons. The summed E-state index contributed by atoms with van der Waals surface area (Å²) in [7, 11) is 0. The van der Waals surface area contributed by atoms with Crippen LogP contribution in [0.2, 0.25) is 0 Å². The van der Waals surface area contributed by atoms with E-state index in [0.29, 0.717) is 11.6 Å². The van der Waals surface area contributed by atoms with Crippen LogP contribution in [-0.4, -0.2) is 33.8 Å². The van der Waals surface area contributed by atoms with Crippen molar-refractivity contribution in [1.29, 1.82) is 0 Å². The summed E-state index contributed by atoms with van der Waals surface area (Å²) in [5.41, 5.74) is -0.375. The first kappa shape index (κ1) is 20.6. The number of carbonyl (C=O) groups excluding carboxylic acids is 2. The molecule has 0 saturated carbocycles. The summed E-state index contributed by atoms with van der Waals surface area (Å²) in [6, 6.07) is 0. The van der Waals surface area contributed by atoms with Gasteiger partial charge < -0.3 is 10.2 Å². The zero-order chi connectivity index (χ0) is 18.0. The Morgan fingerprint density at radius 3 is 2.42 bits per heavy atom. The standard InChI is InChI=1S/C18H31N3O2S/c1-5-6-7-8-9-10-11-16(23)21(18(2,3)4)14-15(22)20-17-19-12-13-24-17/h12-13H,5-11,14H2,1-4H3,(H,19,20,22). The summed E-state index contributed by atoms with van der Waals surface area (Å²) in [5, 5.41) is 5.12. The molecule has 2 amide bonds. The second-order valence-electron chi connectivity index (χ2n) is 7.05. The lowest BCUT2D eigenvalue weighted by atomic mass is 10.0. The zero-order valence-electron chi connectivity index (χ0n) is 15.4. The Bertz CT molecular complexity index is 495. The van der Waals surface area contributed by atoms with E-state index < -0.39 is 0 Å². The fourth-order valence-electron chi connectivity index (χ4n) is 2.48. The molecular weight excluding hydrogens is 322 g/mol. The average Bonchev–Trinajstić information content (AvgIpc) is 3.00. The smallest absolute Gasteiger partial charge is 0.245 e. The highest BCUT2D eigenvalue weighted by Crippen LogP contribution is 2.17. The summed E-state index contributed by atoms with van der Waals surface area (Å²) in [5.74, 6) is -0.150. The lowest BCUT2D eigenvalue weighted by Crippen LogP contribution is -2.49. The molecule has 1 aromatic rings. The number of aromatic nitrogens is 1. The van der Waals surface area contributed by atoms with Gasteiger partial charge in [-0.05, 0) is 27.2 Å². The normalized spacial score (nSPS) is 11.3. The molecule has 1 N–H and O–H groups in total. The van der Waals surface area contributed by atoms with Crippen molar-refractivity contribution in [2.75, 3.05) is 11.9 Å². The van der Waals surface area contributed by atoms with Crippen LogP contribution in [0.4, 0.5) is 5.13 Å². The van der Waals surface area contributed by atoms with Crippen LogP contribution in [0.1, 0.15) is 72.6 Å². The van der Waals surface area contributed by atoms with E-state index in [9.17, 15) is 9.59 Å². The number of nitrogens with one attached hydrogen (secondary N) is 1. The lowest BCUT2D eigenvalue weighted by molar-refractivity contribution is -0.139. The first-order chi connectivity index (χ1) is 11.3. The maximum Gasteiger partial charge on any atom is 0.245 e. The first-order valence-corrected chi connectivity index (χ1v) is 9.72. The molecule has 0 aromatic carbocycles. The van der Waals surface area contributed by atoms with Gasteiger partial charge in [0.05, 0.1) is 0 Å². The molecule has 0 unspecified atom stereocenters. The van der Waals surface area contributed by atoms with Crippen molar-refractivity contribution in [3.05, 3.63) is 11.6 Å². The van der Waals surface area contributed by atoms with Crippen LogP contribution in [0.25, 0.3) is 0 Å². The van der Waals surface area contributed by atoms with Gasteiger partial charge in [-0.2, -0.15) is 0 Å². The third-order valence-electron chi connectivity index (χ3n) is 3.84. The molecular formula is C18H31N3O2S. The van der Waals surface area contributed by atoms with Crippen molar-refractivity contribution < 1.29 is 9.59 Å². The van der Waals surface area contributed by atoms with Crippen molar-refractivity contribution in [3.8, 4) is 0 Å². The van der Waals surface area contributed by atoms with E-state index in [1.807, 2.05) is 20.8 Å². The Hall–Kier alpha value is -1.43. The van der Waals surface area contributed by atoms with Crippen LogP contribution >= 0.6 is 11.3 Å². The number of anilines is 1. The van der Waals surface area contributed by atoms with Gasteiger partial charge in [0.1, 0.15) is 6.54 Å². The quantitative estimate of drug-likeness (QED) is 0.632. The molecule has 1 heterocycles. The van der Waals surface area contributed by atoms with Gasteiger partial charge in [-0.15, -0.1) is 11.3 Å². The minimum atomic E-state index is -0.375. The maximum absolute atomic E-state index is 12.5. The van der Waals surface area contributed by atoms with Crippen LogP contribution in [-0.2, 0) is 9.59 Å². The SMILES string of the molecule is CCCCCCCCC(=O)N(CC(=O)Nc1nccs1)C(C)(C)C. The van der Waals surface area contributed by atoms with E-state index in [-0.39, 0.29) is 23.9 Å². The largest absolute Gasteiger partial charge is 0.329 e. The Morgan fingerprint density at radius 2 is 1.83 bits per heavy atom. The Morgan fingerprint density at radius 1 is 1.17 bits per heavy atom. The summed E-state index contributed by atoms with van der Waals surface area (Å²) < 4.78 is 0. The number of amides is 2. The van der Waals surface area contributed by atoms with E-state index in [2.05, 4.69) is 17.2 Å². The van der Waals surface area contributed by atoms with Gasteiger partial charge in [-0.25, -0.2) is 4.98 Å². The third kappa shape index (κ3) is 7.90. The molecule has 0 aliphatic carbocycles. The summed E-state index contributed by atoms with van der Waals surface area (Å²) in [6.07, 6.45) is 9.03. The number of hydrogen-bond donors (Lipinski definition) is 1. The van der Waals surface area contributed by atoms with E-state index >= 15 is 0 Å². The van der Waals surface area contributed by atoms with Crippen molar-refractivity contribution >= 4 is 28.3 Å². The van der Waals surface area contributed by atoms with Gasteiger partial charge in [0, 0.05) is 23.5 Å². The number of carbonyl (C=O) groups is 2. The third-order valence-corrected chi connectivity index (χ3v) is 4.52. The number of nitrogens with zero attached hydrogens (tertiary/aromatic N) is 2. The van der Waals surface area contributed by atoms with Crippen molar-refractivity contribution in [1.82, 2.24) is 9.88 Å². The molecule has 0 aliphatic rings. The molecule has 0 saturated heterocycles. The fraction of sp³-hybridized carbons (Fsp3) is 0.722. The first-order valence-electron chi connectivity index (χ1n) is 8.84. The van der Waals surface area contributed by atoms with Crippen LogP contribution < -0.4 is 5.32 Å². The van der Waals surface area contributed by atoms with Gasteiger partial charge in [0.15, 0.2) is 5.13 Å². The highest BCUT2D eigenvalue weighted by atomic mass is 32.1. The second kappa shape index (κ2) is 10.4. The topological polar surface area (TPSA) is 62.3 Å². The Kier molecular flexibility index (Phi) is 8.97. The summed E-state index contributed by atoms with van der Waals surface area (Å²) in [6.45, 7) is 8.15.